The molecule has 0 spiro atoms. The quantitative estimate of drug-likeness (QED) is 0.615. The van der Waals surface area contributed by atoms with E-state index in [0.29, 0.717) is 6.54 Å². The van der Waals surface area contributed by atoms with Crippen LogP contribution in [0.15, 0.2) is 12.4 Å². The maximum Gasteiger partial charge on any atom is 0.256 e. The number of aliphatic carboxylic acids is 1. The molecule has 0 aliphatic rings. The SMILES string of the molecule is CCC[n+]1ccn(CCC(=O)[O-])c1CC. The molecule has 1 heterocycles. The van der Waals surface area contributed by atoms with Crippen LogP contribution in [0.3, 0.4) is 0 Å². The van der Waals surface area contributed by atoms with Crippen molar-refractivity contribution in [3.8, 4) is 0 Å². The van der Waals surface area contributed by atoms with Crippen LogP contribution in [-0.2, 0) is 24.3 Å². The standard InChI is InChI=1S/C11H18N2O2/c1-3-6-12-8-9-13(10(12)4-2)7-5-11(14)15/h8-9H,3-7H2,1-2H3. The van der Waals surface area contributed by atoms with E-state index >= 15 is 0 Å². The number of rotatable bonds is 6. The Hall–Kier alpha value is -1.32. The molecule has 1 aromatic rings. The summed E-state index contributed by atoms with van der Waals surface area (Å²) in [6, 6.07) is 0. The summed E-state index contributed by atoms with van der Waals surface area (Å²) in [6.45, 7) is 5.70. The van der Waals surface area contributed by atoms with Crippen LogP contribution < -0.4 is 9.67 Å². The minimum atomic E-state index is -0.993. The average molecular weight is 210 g/mol. The minimum Gasteiger partial charge on any atom is -0.550 e. The lowest BCUT2D eigenvalue weighted by atomic mass is 10.3. The predicted molar refractivity (Wildman–Crippen MR) is 53.9 cm³/mol. The average Bonchev–Trinajstić information content (AvgIpc) is 2.58. The molecule has 0 saturated carbocycles. The van der Waals surface area contributed by atoms with Crippen molar-refractivity contribution in [1.29, 1.82) is 0 Å². The van der Waals surface area contributed by atoms with Gasteiger partial charge in [-0.15, -0.1) is 0 Å². The van der Waals surface area contributed by atoms with Gasteiger partial charge in [0.15, 0.2) is 0 Å². The van der Waals surface area contributed by atoms with Gasteiger partial charge in [0.1, 0.15) is 12.4 Å². The van der Waals surface area contributed by atoms with Crippen molar-refractivity contribution in [3.05, 3.63) is 18.2 Å². The molecule has 4 heteroatoms. The highest BCUT2D eigenvalue weighted by molar-refractivity contribution is 5.64. The second-order valence-corrected chi connectivity index (χ2v) is 3.58. The van der Waals surface area contributed by atoms with Gasteiger partial charge in [-0.3, -0.25) is 0 Å². The molecule has 0 amide bonds. The molecule has 1 aromatic heterocycles. The van der Waals surface area contributed by atoms with Crippen LogP contribution in [0.1, 0.15) is 32.5 Å². The van der Waals surface area contributed by atoms with Crippen molar-refractivity contribution in [2.45, 2.75) is 46.2 Å². The monoisotopic (exact) mass is 210 g/mol. The van der Waals surface area contributed by atoms with E-state index in [0.717, 1.165) is 19.4 Å². The van der Waals surface area contributed by atoms with Gasteiger partial charge in [0.25, 0.3) is 5.82 Å². The fourth-order valence-corrected chi connectivity index (χ4v) is 1.76. The zero-order valence-electron chi connectivity index (χ0n) is 9.40. The zero-order chi connectivity index (χ0) is 11.3. The van der Waals surface area contributed by atoms with Crippen LogP contribution >= 0.6 is 0 Å². The number of carboxylic acid groups (broad SMARTS) is 1. The molecule has 84 valence electrons. The first-order valence-electron chi connectivity index (χ1n) is 5.46. The van der Waals surface area contributed by atoms with Crippen molar-refractivity contribution >= 4 is 5.97 Å². The van der Waals surface area contributed by atoms with E-state index in [9.17, 15) is 9.90 Å². The molecule has 0 aliphatic heterocycles. The minimum absolute atomic E-state index is 0.0772. The lowest BCUT2D eigenvalue weighted by Crippen LogP contribution is -2.37. The first-order valence-corrected chi connectivity index (χ1v) is 5.46. The molecule has 0 N–H and O–H groups in total. The molecule has 0 aromatic carbocycles. The van der Waals surface area contributed by atoms with E-state index < -0.39 is 5.97 Å². The molecular weight excluding hydrogens is 192 g/mol. The third-order valence-electron chi connectivity index (χ3n) is 2.43. The maximum atomic E-state index is 10.4. The Balaban J connectivity index is 2.74. The fourth-order valence-electron chi connectivity index (χ4n) is 1.76. The smallest absolute Gasteiger partial charge is 0.256 e. The summed E-state index contributed by atoms with van der Waals surface area (Å²) in [7, 11) is 0. The summed E-state index contributed by atoms with van der Waals surface area (Å²) >= 11 is 0. The highest BCUT2D eigenvalue weighted by atomic mass is 16.4. The summed E-state index contributed by atoms with van der Waals surface area (Å²) in [4.78, 5) is 10.4. The molecule has 15 heavy (non-hydrogen) atoms. The van der Waals surface area contributed by atoms with Crippen LogP contribution in [0.5, 0.6) is 0 Å². The lowest BCUT2D eigenvalue weighted by Gasteiger charge is -2.03. The predicted octanol–water partition coefficient (Wildman–Crippen LogP) is -0.112. The van der Waals surface area contributed by atoms with E-state index in [-0.39, 0.29) is 6.42 Å². The number of aryl methyl sites for hydroxylation is 2. The van der Waals surface area contributed by atoms with Crippen molar-refractivity contribution in [2.75, 3.05) is 0 Å². The van der Waals surface area contributed by atoms with Crippen LogP contribution in [0.4, 0.5) is 0 Å². The molecule has 0 bridgehead atoms. The summed E-state index contributed by atoms with van der Waals surface area (Å²) < 4.78 is 4.17. The van der Waals surface area contributed by atoms with Gasteiger partial charge in [-0.05, 0) is 6.42 Å². The summed E-state index contributed by atoms with van der Waals surface area (Å²) in [5.74, 6) is 0.186. The Morgan fingerprint density at radius 3 is 2.80 bits per heavy atom. The second kappa shape index (κ2) is 5.53. The molecule has 1 rings (SSSR count). The Morgan fingerprint density at radius 1 is 1.53 bits per heavy atom. The number of carbonyl (C=O) groups excluding carboxylic acids is 1. The van der Waals surface area contributed by atoms with Crippen LogP contribution in [-0.4, -0.2) is 10.5 Å². The van der Waals surface area contributed by atoms with Crippen LogP contribution in [0.2, 0.25) is 0 Å². The molecular formula is C11H18N2O2. The zero-order valence-corrected chi connectivity index (χ0v) is 9.40. The summed E-state index contributed by atoms with van der Waals surface area (Å²) in [6.07, 6.45) is 6.03. The number of carbonyl (C=O) groups is 1. The first kappa shape index (κ1) is 11.8. The maximum absolute atomic E-state index is 10.4. The largest absolute Gasteiger partial charge is 0.550 e. The molecule has 0 fully saturated rings. The molecule has 0 aliphatic carbocycles. The molecule has 0 saturated heterocycles. The first-order chi connectivity index (χ1) is 7.19. The van der Waals surface area contributed by atoms with Crippen molar-refractivity contribution in [1.82, 2.24) is 4.57 Å². The Bertz CT molecular complexity index is 331. The second-order valence-electron chi connectivity index (χ2n) is 3.58. The van der Waals surface area contributed by atoms with Gasteiger partial charge in [-0.25, -0.2) is 9.13 Å². The van der Waals surface area contributed by atoms with Gasteiger partial charge in [-0.1, -0.05) is 13.8 Å². The Labute approximate surface area is 90.2 Å². The third kappa shape index (κ3) is 3.08. The summed E-state index contributed by atoms with van der Waals surface area (Å²) in [5.41, 5.74) is 0. The van der Waals surface area contributed by atoms with Crippen LogP contribution in [0, 0.1) is 0 Å². The Morgan fingerprint density at radius 2 is 2.27 bits per heavy atom. The van der Waals surface area contributed by atoms with Gasteiger partial charge >= 0.3 is 0 Å². The highest BCUT2D eigenvalue weighted by Crippen LogP contribution is 1.99. The van der Waals surface area contributed by atoms with E-state index in [2.05, 4.69) is 18.4 Å². The fraction of sp³-hybridized carbons (Fsp3) is 0.636. The van der Waals surface area contributed by atoms with E-state index in [4.69, 9.17) is 0 Å². The topological polar surface area (TPSA) is 48.9 Å². The van der Waals surface area contributed by atoms with Gasteiger partial charge in [0, 0.05) is 18.8 Å². The van der Waals surface area contributed by atoms with Crippen molar-refractivity contribution in [3.63, 3.8) is 0 Å². The van der Waals surface area contributed by atoms with Crippen molar-refractivity contribution < 1.29 is 14.5 Å². The molecule has 0 radical (unpaired) electrons. The van der Waals surface area contributed by atoms with Crippen molar-refractivity contribution in [2.24, 2.45) is 0 Å². The normalized spacial score (nSPS) is 10.5. The van der Waals surface area contributed by atoms with E-state index in [1.807, 2.05) is 17.0 Å². The Kier molecular flexibility index (Phi) is 4.34. The van der Waals surface area contributed by atoms with Gasteiger partial charge in [0.05, 0.1) is 13.1 Å². The van der Waals surface area contributed by atoms with E-state index in [1.54, 1.807) is 0 Å². The lowest BCUT2D eigenvalue weighted by molar-refractivity contribution is -0.703. The number of hydrogen-bond acceptors (Lipinski definition) is 2. The summed E-state index contributed by atoms with van der Waals surface area (Å²) in [5, 5.41) is 10.4. The highest BCUT2D eigenvalue weighted by Gasteiger charge is 2.13. The van der Waals surface area contributed by atoms with Crippen LogP contribution in [0.25, 0.3) is 0 Å². The number of aromatic nitrogens is 2. The molecule has 4 nitrogen and oxygen atoms in total. The number of nitrogens with zero attached hydrogens (tertiary/aromatic N) is 2. The molecule has 0 unspecified atom stereocenters. The van der Waals surface area contributed by atoms with E-state index in [1.165, 1.54) is 5.82 Å². The number of imidazole rings is 1. The number of hydrogen-bond donors (Lipinski definition) is 0. The third-order valence-corrected chi connectivity index (χ3v) is 2.43. The van der Waals surface area contributed by atoms with Gasteiger partial charge < -0.3 is 9.90 Å². The van der Waals surface area contributed by atoms with Gasteiger partial charge in [0.2, 0.25) is 0 Å². The molecule has 0 atom stereocenters. The van der Waals surface area contributed by atoms with Gasteiger partial charge in [-0.2, -0.15) is 0 Å². The number of carboxylic acids is 1.